The highest BCUT2D eigenvalue weighted by molar-refractivity contribution is 6.06. The van der Waals surface area contributed by atoms with E-state index in [0.717, 1.165) is 5.56 Å². The van der Waals surface area contributed by atoms with E-state index >= 15 is 0 Å². The van der Waals surface area contributed by atoms with Gasteiger partial charge >= 0.3 is 0 Å². The molecule has 0 fully saturated rings. The minimum Gasteiger partial charge on any atom is -0.397 e. The van der Waals surface area contributed by atoms with Gasteiger partial charge in [-0.3, -0.25) is 9.59 Å². The van der Waals surface area contributed by atoms with Crippen molar-refractivity contribution in [3.05, 3.63) is 53.9 Å². The summed E-state index contributed by atoms with van der Waals surface area (Å²) >= 11 is 0. The van der Waals surface area contributed by atoms with Crippen LogP contribution in [0.2, 0.25) is 0 Å². The lowest BCUT2D eigenvalue weighted by Crippen LogP contribution is -2.16. The van der Waals surface area contributed by atoms with Crippen LogP contribution in [0.1, 0.15) is 16.1 Å². The van der Waals surface area contributed by atoms with E-state index < -0.39 is 5.91 Å². The van der Waals surface area contributed by atoms with Crippen molar-refractivity contribution in [1.29, 1.82) is 0 Å². The number of carbonyl (C=O) groups excluding carboxylic acids is 2. The predicted octanol–water partition coefficient (Wildman–Crippen LogP) is 0.944. The molecule has 0 saturated heterocycles. The minimum absolute atomic E-state index is 0.168. The third-order valence-electron chi connectivity index (χ3n) is 2.64. The summed E-state index contributed by atoms with van der Waals surface area (Å²) in [4.78, 5) is 26.7. The number of primary amides is 1. The van der Waals surface area contributed by atoms with Gasteiger partial charge in [-0.15, -0.1) is 0 Å². The molecule has 1 aromatic carbocycles. The third-order valence-corrected chi connectivity index (χ3v) is 2.64. The largest absolute Gasteiger partial charge is 0.397 e. The van der Waals surface area contributed by atoms with Crippen LogP contribution in [0.5, 0.6) is 0 Å². The summed E-state index contributed by atoms with van der Waals surface area (Å²) in [5.74, 6) is -0.784. The molecule has 2 amide bonds. The maximum atomic E-state index is 12.0. The van der Waals surface area contributed by atoms with E-state index in [2.05, 4.69) is 10.3 Å². The van der Waals surface area contributed by atoms with Gasteiger partial charge in [-0.1, -0.05) is 12.1 Å². The molecule has 2 rings (SSSR count). The first kappa shape index (κ1) is 13.5. The summed E-state index contributed by atoms with van der Waals surface area (Å²) in [5.41, 5.74) is 12.7. The lowest BCUT2D eigenvalue weighted by atomic mass is 10.1. The van der Waals surface area contributed by atoms with Gasteiger partial charge in [0.05, 0.1) is 12.1 Å². The van der Waals surface area contributed by atoms with Crippen LogP contribution in [-0.2, 0) is 11.2 Å². The van der Waals surface area contributed by atoms with E-state index in [0.29, 0.717) is 11.4 Å². The number of nitrogens with zero attached hydrogens (tertiary/aromatic N) is 1. The number of carbonyl (C=O) groups is 2. The Labute approximate surface area is 115 Å². The summed E-state index contributed by atoms with van der Waals surface area (Å²) in [6.07, 6.45) is 1.67. The van der Waals surface area contributed by atoms with Gasteiger partial charge in [-0.05, 0) is 29.8 Å². The van der Waals surface area contributed by atoms with Crippen LogP contribution in [0.4, 0.5) is 11.4 Å². The number of nitrogen functional groups attached to an aromatic ring is 1. The Morgan fingerprint density at radius 1 is 1.15 bits per heavy atom. The second-order valence-electron chi connectivity index (χ2n) is 4.24. The molecule has 0 bridgehead atoms. The first-order valence-electron chi connectivity index (χ1n) is 5.95. The Morgan fingerprint density at radius 2 is 1.85 bits per heavy atom. The first-order valence-corrected chi connectivity index (χ1v) is 5.95. The Morgan fingerprint density at radius 3 is 2.45 bits per heavy atom. The molecule has 0 spiro atoms. The summed E-state index contributed by atoms with van der Waals surface area (Å²) in [7, 11) is 0. The molecule has 0 aliphatic carbocycles. The molecule has 0 radical (unpaired) electrons. The zero-order chi connectivity index (χ0) is 14.5. The molecule has 2 aromatic rings. The fraction of sp³-hybridized carbons (Fsp3) is 0.0714. The van der Waals surface area contributed by atoms with E-state index in [-0.39, 0.29) is 18.0 Å². The van der Waals surface area contributed by atoms with Crippen LogP contribution in [0.25, 0.3) is 0 Å². The zero-order valence-corrected chi connectivity index (χ0v) is 10.7. The molecule has 0 unspecified atom stereocenters. The number of amides is 2. The van der Waals surface area contributed by atoms with Crippen molar-refractivity contribution in [1.82, 2.24) is 4.98 Å². The third kappa shape index (κ3) is 3.32. The maximum absolute atomic E-state index is 12.0. The second-order valence-corrected chi connectivity index (χ2v) is 4.24. The summed E-state index contributed by atoms with van der Waals surface area (Å²) in [6, 6.07) is 10.1. The molecule has 0 aliphatic rings. The highest BCUT2D eigenvalue weighted by atomic mass is 16.2. The molecule has 1 heterocycles. The normalized spacial score (nSPS) is 10.0. The SMILES string of the molecule is NC(=O)Cc1ccc(NC(=O)c2ncccc2N)cc1. The van der Waals surface area contributed by atoms with E-state index in [4.69, 9.17) is 11.5 Å². The molecule has 0 atom stereocenters. The van der Waals surface area contributed by atoms with Gasteiger partial charge < -0.3 is 16.8 Å². The van der Waals surface area contributed by atoms with Gasteiger partial charge in [0, 0.05) is 11.9 Å². The van der Waals surface area contributed by atoms with Crippen molar-refractivity contribution in [3.8, 4) is 0 Å². The predicted molar refractivity (Wildman–Crippen MR) is 75.9 cm³/mol. The Balaban J connectivity index is 2.09. The van der Waals surface area contributed by atoms with E-state index in [1.165, 1.54) is 6.20 Å². The van der Waals surface area contributed by atoms with Gasteiger partial charge in [-0.2, -0.15) is 0 Å². The number of aromatic nitrogens is 1. The van der Waals surface area contributed by atoms with Crippen LogP contribution >= 0.6 is 0 Å². The summed E-state index contributed by atoms with van der Waals surface area (Å²) < 4.78 is 0. The summed E-state index contributed by atoms with van der Waals surface area (Å²) in [5, 5.41) is 2.68. The Bertz CT molecular complexity index is 638. The van der Waals surface area contributed by atoms with Crippen LogP contribution in [-0.4, -0.2) is 16.8 Å². The van der Waals surface area contributed by atoms with Crippen molar-refractivity contribution in [2.75, 3.05) is 11.1 Å². The quantitative estimate of drug-likeness (QED) is 0.767. The number of rotatable bonds is 4. The number of hydrogen-bond donors (Lipinski definition) is 3. The van der Waals surface area contributed by atoms with Crippen LogP contribution < -0.4 is 16.8 Å². The highest BCUT2D eigenvalue weighted by Gasteiger charge is 2.10. The van der Waals surface area contributed by atoms with E-state index in [1.54, 1.807) is 36.4 Å². The Kier molecular flexibility index (Phi) is 3.95. The van der Waals surface area contributed by atoms with Crippen molar-refractivity contribution in [2.45, 2.75) is 6.42 Å². The number of nitrogens with two attached hydrogens (primary N) is 2. The number of pyridine rings is 1. The maximum Gasteiger partial charge on any atom is 0.276 e. The number of anilines is 2. The first-order chi connectivity index (χ1) is 9.56. The zero-order valence-electron chi connectivity index (χ0n) is 10.7. The second kappa shape index (κ2) is 5.83. The number of nitrogens with one attached hydrogen (secondary N) is 1. The molecule has 102 valence electrons. The van der Waals surface area contributed by atoms with Crippen LogP contribution in [0.3, 0.4) is 0 Å². The van der Waals surface area contributed by atoms with Gasteiger partial charge in [0.1, 0.15) is 0 Å². The standard InChI is InChI=1S/C14H14N4O2/c15-11-2-1-7-17-13(11)14(20)18-10-5-3-9(4-6-10)8-12(16)19/h1-7H,8,15H2,(H2,16,19)(H,18,20). The van der Waals surface area contributed by atoms with Crippen molar-refractivity contribution < 1.29 is 9.59 Å². The fourth-order valence-corrected chi connectivity index (χ4v) is 1.70. The van der Waals surface area contributed by atoms with Crippen molar-refractivity contribution in [3.63, 3.8) is 0 Å². The topological polar surface area (TPSA) is 111 Å². The van der Waals surface area contributed by atoms with E-state index in [9.17, 15) is 9.59 Å². The van der Waals surface area contributed by atoms with Gasteiger partial charge in [0.25, 0.3) is 5.91 Å². The Hall–Kier alpha value is -2.89. The molecule has 20 heavy (non-hydrogen) atoms. The van der Waals surface area contributed by atoms with E-state index in [1.807, 2.05) is 0 Å². The van der Waals surface area contributed by atoms with Gasteiger partial charge in [-0.25, -0.2) is 4.98 Å². The van der Waals surface area contributed by atoms with Crippen LogP contribution in [0.15, 0.2) is 42.6 Å². The van der Waals surface area contributed by atoms with Crippen molar-refractivity contribution in [2.24, 2.45) is 5.73 Å². The molecule has 6 nitrogen and oxygen atoms in total. The minimum atomic E-state index is -0.400. The summed E-state index contributed by atoms with van der Waals surface area (Å²) in [6.45, 7) is 0. The lowest BCUT2D eigenvalue weighted by Gasteiger charge is -2.07. The molecule has 0 aliphatic heterocycles. The van der Waals surface area contributed by atoms with Crippen LogP contribution in [0, 0.1) is 0 Å². The number of hydrogen-bond acceptors (Lipinski definition) is 4. The molecule has 0 saturated carbocycles. The molecular weight excluding hydrogens is 256 g/mol. The lowest BCUT2D eigenvalue weighted by molar-refractivity contribution is -0.117. The molecular formula is C14H14N4O2. The fourth-order valence-electron chi connectivity index (χ4n) is 1.70. The van der Waals surface area contributed by atoms with Gasteiger partial charge in [0.2, 0.25) is 5.91 Å². The monoisotopic (exact) mass is 270 g/mol. The molecule has 5 N–H and O–H groups in total. The average Bonchev–Trinajstić information content (AvgIpc) is 2.41. The molecule has 1 aromatic heterocycles. The van der Waals surface area contributed by atoms with Crippen molar-refractivity contribution >= 4 is 23.2 Å². The smallest absolute Gasteiger partial charge is 0.276 e. The number of benzene rings is 1. The highest BCUT2D eigenvalue weighted by Crippen LogP contribution is 2.13. The van der Waals surface area contributed by atoms with Gasteiger partial charge in [0.15, 0.2) is 5.69 Å². The average molecular weight is 270 g/mol. The molecule has 6 heteroatoms.